The van der Waals surface area contributed by atoms with Crippen LogP contribution in [0.1, 0.15) is 54.4 Å². The second kappa shape index (κ2) is 8.32. The van der Waals surface area contributed by atoms with Crippen molar-refractivity contribution < 1.29 is 18.9 Å². The lowest BCUT2D eigenvalue weighted by Crippen LogP contribution is -2.51. The lowest BCUT2D eigenvalue weighted by molar-refractivity contribution is -0.138. The quantitative estimate of drug-likeness (QED) is 0.717. The molecule has 0 saturated carbocycles. The van der Waals surface area contributed by atoms with E-state index in [4.69, 9.17) is 15.0 Å². The molecular formula is C22H34BN3O4. The van der Waals surface area contributed by atoms with E-state index >= 15 is 0 Å². The predicted molar refractivity (Wildman–Crippen MR) is 118 cm³/mol. The second-order valence-electron chi connectivity index (χ2n) is 9.66. The number of carbonyl (C=O) groups excluding carboxylic acids is 2. The molecule has 2 fully saturated rings. The van der Waals surface area contributed by atoms with Crippen LogP contribution in [0.3, 0.4) is 0 Å². The first kappa shape index (κ1) is 22.8. The molecule has 0 unspecified atom stereocenters. The van der Waals surface area contributed by atoms with Crippen LogP contribution in [0.5, 0.6) is 0 Å². The van der Waals surface area contributed by atoms with Crippen LogP contribution in [0, 0.1) is 5.92 Å². The molecule has 0 radical (unpaired) electrons. The lowest BCUT2D eigenvalue weighted by atomic mass is 9.79. The summed E-state index contributed by atoms with van der Waals surface area (Å²) in [6.45, 7) is 12.4. The van der Waals surface area contributed by atoms with Crippen LogP contribution < -0.4 is 16.5 Å². The fraction of sp³-hybridized carbons (Fsp3) is 0.636. The zero-order valence-electron chi connectivity index (χ0n) is 18.9. The van der Waals surface area contributed by atoms with Gasteiger partial charge in [0.2, 0.25) is 11.8 Å². The molecule has 2 atom stereocenters. The maximum absolute atomic E-state index is 13.0. The molecule has 7 nitrogen and oxygen atoms in total. The zero-order chi connectivity index (χ0) is 22.3. The minimum atomic E-state index is -0.592. The SMILES string of the molecule is CC(C)[C@H](N)C(=O)N1CCC[C@H]1C(=O)Nc1cccc(B2OC(C)(C)C(C)(C)O2)c1. The van der Waals surface area contributed by atoms with Gasteiger partial charge in [0.25, 0.3) is 0 Å². The van der Waals surface area contributed by atoms with Crippen molar-refractivity contribution in [2.45, 2.75) is 77.7 Å². The van der Waals surface area contributed by atoms with E-state index in [9.17, 15) is 9.59 Å². The Morgan fingerprint density at radius 1 is 1.20 bits per heavy atom. The number of hydrogen-bond acceptors (Lipinski definition) is 5. The van der Waals surface area contributed by atoms with Gasteiger partial charge in [0.05, 0.1) is 17.2 Å². The van der Waals surface area contributed by atoms with E-state index in [0.717, 1.165) is 11.9 Å². The highest BCUT2D eigenvalue weighted by Gasteiger charge is 2.51. The molecule has 1 aromatic carbocycles. The number of nitrogens with one attached hydrogen (secondary N) is 1. The molecule has 3 rings (SSSR count). The van der Waals surface area contributed by atoms with Gasteiger partial charge in [0, 0.05) is 12.2 Å². The Morgan fingerprint density at radius 2 is 1.83 bits per heavy atom. The van der Waals surface area contributed by atoms with Gasteiger partial charge in [-0.1, -0.05) is 26.0 Å². The van der Waals surface area contributed by atoms with Crippen LogP contribution in [-0.2, 0) is 18.9 Å². The molecule has 1 aromatic rings. The summed E-state index contributed by atoms with van der Waals surface area (Å²) in [6.07, 6.45) is 1.43. The van der Waals surface area contributed by atoms with Gasteiger partial charge in [-0.15, -0.1) is 0 Å². The lowest BCUT2D eigenvalue weighted by Gasteiger charge is -2.32. The Bertz CT molecular complexity index is 795. The number of rotatable bonds is 5. The monoisotopic (exact) mass is 415 g/mol. The van der Waals surface area contributed by atoms with E-state index < -0.39 is 30.4 Å². The Kier molecular flexibility index (Phi) is 6.32. The fourth-order valence-electron chi connectivity index (χ4n) is 3.75. The molecule has 0 aliphatic carbocycles. The van der Waals surface area contributed by atoms with Crippen LogP contribution in [0.15, 0.2) is 24.3 Å². The molecule has 0 spiro atoms. The Balaban J connectivity index is 1.70. The first-order valence-electron chi connectivity index (χ1n) is 10.8. The third-order valence-corrected chi connectivity index (χ3v) is 6.52. The summed E-state index contributed by atoms with van der Waals surface area (Å²) in [5, 5.41) is 2.96. The summed E-state index contributed by atoms with van der Waals surface area (Å²) in [4.78, 5) is 27.3. The summed E-state index contributed by atoms with van der Waals surface area (Å²) >= 11 is 0. The summed E-state index contributed by atoms with van der Waals surface area (Å²) in [6, 6.07) is 6.38. The topological polar surface area (TPSA) is 93.9 Å². The average Bonchev–Trinajstić information content (AvgIpc) is 3.23. The second-order valence-corrected chi connectivity index (χ2v) is 9.66. The minimum Gasteiger partial charge on any atom is -0.399 e. The fourth-order valence-corrected chi connectivity index (χ4v) is 3.75. The normalized spacial score (nSPS) is 23.7. The average molecular weight is 415 g/mol. The molecule has 2 aliphatic heterocycles. The van der Waals surface area contributed by atoms with Gasteiger partial charge in [-0.3, -0.25) is 9.59 Å². The number of carbonyl (C=O) groups is 2. The molecule has 2 saturated heterocycles. The van der Waals surface area contributed by atoms with Crippen molar-refractivity contribution in [2.24, 2.45) is 11.7 Å². The highest BCUT2D eigenvalue weighted by Crippen LogP contribution is 2.36. The number of benzene rings is 1. The van der Waals surface area contributed by atoms with E-state index in [-0.39, 0.29) is 17.7 Å². The summed E-state index contributed by atoms with van der Waals surface area (Å²) < 4.78 is 12.2. The van der Waals surface area contributed by atoms with Crippen molar-refractivity contribution in [1.29, 1.82) is 0 Å². The van der Waals surface area contributed by atoms with E-state index in [2.05, 4.69) is 5.32 Å². The van der Waals surface area contributed by atoms with Crippen LogP contribution in [0.4, 0.5) is 5.69 Å². The van der Waals surface area contributed by atoms with E-state index in [1.807, 2.05) is 65.8 Å². The Hall–Kier alpha value is -1.90. The third kappa shape index (κ3) is 4.41. The third-order valence-electron chi connectivity index (χ3n) is 6.52. The Labute approximate surface area is 179 Å². The summed E-state index contributed by atoms with van der Waals surface area (Å²) in [5.41, 5.74) is 6.66. The van der Waals surface area contributed by atoms with Crippen molar-refractivity contribution in [2.75, 3.05) is 11.9 Å². The smallest absolute Gasteiger partial charge is 0.399 e. The number of nitrogens with two attached hydrogens (primary N) is 1. The highest BCUT2D eigenvalue weighted by molar-refractivity contribution is 6.62. The van der Waals surface area contributed by atoms with Crippen molar-refractivity contribution in [3.8, 4) is 0 Å². The molecule has 30 heavy (non-hydrogen) atoms. The van der Waals surface area contributed by atoms with Gasteiger partial charge < -0.3 is 25.3 Å². The summed E-state index contributed by atoms with van der Waals surface area (Å²) in [7, 11) is -0.500. The highest BCUT2D eigenvalue weighted by atomic mass is 16.7. The number of nitrogens with zero attached hydrogens (tertiary/aromatic N) is 1. The van der Waals surface area contributed by atoms with Crippen LogP contribution in [0.2, 0.25) is 0 Å². The van der Waals surface area contributed by atoms with E-state index in [1.165, 1.54) is 0 Å². The van der Waals surface area contributed by atoms with Crippen molar-refractivity contribution in [3.05, 3.63) is 24.3 Å². The number of amides is 2. The van der Waals surface area contributed by atoms with Crippen molar-refractivity contribution in [1.82, 2.24) is 4.90 Å². The Morgan fingerprint density at radius 3 is 2.43 bits per heavy atom. The van der Waals surface area contributed by atoms with E-state index in [0.29, 0.717) is 18.7 Å². The van der Waals surface area contributed by atoms with Gasteiger partial charge in [0.1, 0.15) is 6.04 Å². The molecule has 2 heterocycles. The molecule has 2 amide bonds. The molecule has 164 valence electrons. The van der Waals surface area contributed by atoms with Gasteiger partial charge in [-0.2, -0.15) is 0 Å². The number of likely N-dealkylation sites (tertiary alicyclic amines) is 1. The number of hydrogen-bond donors (Lipinski definition) is 2. The summed E-state index contributed by atoms with van der Waals surface area (Å²) in [5.74, 6) is -0.324. The maximum Gasteiger partial charge on any atom is 0.494 e. The van der Waals surface area contributed by atoms with Crippen LogP contribution >= 0.6 is 0 Å². The van der Waals surface area contributed by atoms with Gasteiger partial charge in [-0.25, -0.2) is 0 Å². The van der Waals surface area contributed by atoms with Gasteiger partial charge in [-0.05, 0) is 64.1 Å². The number of anilines is 1. The molecule has 8 heteroatoms. The first-order valence-corrected chi connectivity index (χ1v) is 10.8. The van der Waals surface area contributed by atoms with E-state index in [1.54, 1.807) is 4.90 Å². The standard InChI is InChI=1S/C22H34BN3O4/c1-14(2)18(24)20(28)26-12-8-11-17(26)19(27)25-16-10-7-9-15(13-16)23-29-21(3,4)22(5,6)30-23/h7,9-10,13-14,17-18H,8,11-12,24H2,1-6H3,(H,25,27)/t17-,18-/m0/s1. The largest absolute Gasteiger partial charge is 0.494 e. The molecular weight excluding hydrogens is 381 g/mol. The zero-order valence-corrected chi connectivity index (χ0v) is 18.9. The predicted octanol–water partition coefficient (Wildman–Crippen LogP) is 1.90. The molecule has 0 bridgehead atoms. The molecule has 2 aliphatic rings. The minimum absolute atomic E-state index is 0.0263. The first-order chi connectivity index (χ1) is 13.9. The van der Waals surface area contributed by atoms with Crippen molar-refractivity contribution >= 4 is 30.1 Å². The van der Waals surface area contributed by atoms with Crippen molar-refractivity contribution in [3.63, 3.8) is 0 Å². The maximum atomic E-state index is 13.0. The van der Waals surface area contributed by atoms with Crippen LogP contribution in [0.25, 0.3) is 0 Å². The van der Waals surface area contributed by atoms with Gasteiger partial charge >= 0.3 is 7.12 Å². The van der Waals surface area contributed by atoms with Crippen LogP contribution in [-0.4, -0.2) is 53.7 Å². The molecule has 3 N–H and O–H groups in total. The van der Waals surface area contributed by atoms with Gasteiger partial charge in [0.15, 0.2) is 0 Å². The molecule has 0 aromatic heterocycles.